The van der Waals surface area contributed by atoms with Crippen LogP contribution in [0.5, 0.6) is 0 Å². The predicted molar refractivity (Wildman–Crippen MR) is 135 cm³/mol. The minimum atomic E-state index is -3.46. The van der Waals surface area contributed by atoms with Crippen molar-refractivity contribution in [2.75, 3.05) is 11.0 Å². The molecule has 0 aromatic heterocycles. The molecule has 3 aromatic rings. The van der Waals surface area contributed by atoms with E-state index in [1.165, 1.54) is 16.7 Å². The van der Waals surface area contributed by atoms with Gasteiger partial charge in [-0.2, -0.15) is 0 Å². The van der Waals surface area contributed by atoms with Crippen LogP contribution in [0.3, 0.4) is 0 Å². The summed E-state index contributed by atoms with van der Waals surface area (Å²) in [6.45, 7) is 6.98. The lowest BCUT2D eigenvalue weighted by Crippen LogP contribution is -2.30. The monoisotopic (exact) mass is 465 g/mol. The van der Waals surface area contributed by atoms with Crippen LogP contribution in [0.4, 0.5) is 5.69 Å². The van der Waals surface area contributed by atoms with Gasteiger partial charge in [0, 0.05) is 30.4 Å². The number of sulfonamides is 1. The Bertz CT molecular complexity index is 1240. The molecule has 0 aliphatic carbocycles. The van der Waals surface area contributed by atoms with Gasteiger partial charge in [-0.25, -0.2) is 8.42 Å². The summed E-state index contributed by atoms with van der Waals surface area (Å²) in [5, 5.41) is 6.25. The SMILES string of the molecule is Cc1ccccc1-c1cccc(CNCc2cc(NS(C)(=O)=O)cc(C(=O)NC(C)C)c2)c1. The van der Waals surface area contributed by atoms with Crippen LogP contribution in [0.15, 0.2) is 66.7 Å². The third kappa shape index (κ3) is 7.44. The van der Waals surface area contributed by atoms with Gasteiger partial charge in [-0.1, -0.05) is 42.5 Å². The fourth-order valence-electron chi connectivity index (χ4n) is 3.64. The van der Waals surface area contributed by atoms with E-state index in [1.54, 1.807) is 18.2 Å². The number of hydrogen-bond acceptors (Lipinski definition) is 4. The Hall–Kier alpha value is -3.16. The number of aryl methyl sites for hydroxylation is 1. The Kier molecular flexibility index (Phi) is 7.89. The van der Waals surface area contributed by atoms with E-state index in [0.29, 0.717) is 24.3 Å². The maximum atomic E-state index is 12.5. The van der Waals surface area contributed by atoms with E-state index in [9.17, 15) is 13.2 Å². The maximum Gasteiger partial charge on any atom is 0.251 e. The zero-order valence-electron chi connectivity index (χ0n) is 19.5. The number of rotatable bonds is 9. The van der Waals surface area contributed by atoms with Gasteiger partial charge in [-0.15, -0.1) is 0 Å². The number of carbonyl (C=O) groups excluding carboxylic acids is 1. The number of benzene rings is 3. The smallest absolute Gasteiger partial charge is 0.251 e. The van der Waals surface area contributed by atoms with Crippen molar-refractivity contribution in [3.8, 4) is 11.1 Å². The quantitative estimate of drug-likeness (QED) is 0.435. The van der Waals surface area contributed by atoms with Crippen LogP contribution in [0.2, 0.25) is 0 Å². The Balaban J connectivity index is 1.75. The molecule has 0 spiro atoms. The largest absolute Gasteiger partial charge is 0.350 e. The summed E-state index contributed by atoms with van der Waals surface area (Å²) < 4.78 is 25.9. The first-order valence-electron chi connectivity index (χ1n) is 10.9. The average molecular weight is 466 g/mol. The van der Waals surface area contributed by atoms with E-state index in [0.717, 1.165) is 17.4 Å². The molecule has 3 N–H and O–H groups in total. The predicted octanol–water partition coefficient (Wildman–Crippen LogP) is 4.46. The molecule has 0 aliphatic rings. The molecular weight excluding hydrogens is 434 g/mol. The molecule has 0 saturated carbocycles. The van der Waals surface area contributed by atoms with Gasteiger partial charge in [0.15, 0.2) is 0 Å². The van der Waals surface area contributed by atoms with Crippen LogP contribution in [-0.2, 0) is 23.1 Å². The van der Waals surface area contributed by atoms with E-state index in [-0.39, 0.29) is 11.9 Å². The first-order valence-corrected chi connectivity index (χ1v) is 12.8. The van der Waals surface area contributed by atoms with Crippen molar-refractivity contribution in [2.24, 2.45) is 0 Å². The van der Waals surface area contributed by atoms with Crippen molar-refractivity contribution in [1.29, 1.82) is 0 Å². The number of nitrogens with one attached hydrogen (secondary N) is 3. The van der Waals surface area contributed by atoms with E-state index >= 15 is 0 Å². The van der Waals surface area contributed by atoms with Gasteiger partial charge in [-0.05, 0) is 72.9 Å². The van der Waals surface area contributed by atoms with E-state index in [4.69, 9.17) is 0 Å². The highest BCUT2D eigenvalue weighted by Gasteiger charge is 2.12. The fraction of sp³-hybridized carbons (Fsp3) is 0.269. The second kappa shape index (κ2) is 10.6. The molecule has 3 rings (SSSR count). The molecule has 0 radical (unpaired) electrons. The molecule has 1 amide bonds. The molecule has 0 unspecified atom stereocenters. The Labute approximate surface area is 196 Å². The third-order valence-electron chi connectivity index (χ3n) is 5.02. The van der Waals surface area contributed by atoms with Crippen molar-refractivity contribution in [2.45, 2.75) is 39.9 Å². The van der Waals surface area contributed by atoms with Gasteiger partial charge in [0.05, 0.1) is 6.26 Å². The fourth-order valence-corrected chi connectivity index (χ4v) is 4.19. The van der Waals surface area contributed by atoms with Gasteiger partial charge >= 0.3 is 0 Å². The van der Waals surface area contributed by atoms with Crippen molar-refractivity contribution < 1.29 is 13.2 Å². The van der Waals surface area contributed by atoms with Crippen LogP contribution in [0, 0.1) is 6.92 Å². The van der Waals surface area contributed by atoms with Crippen molar-refractivity contribution in [3.05, 3.63) is 89.0 Å². The molecule has 0 atom stereocenters. The number of amides is 1. The van der Waals surface area contributed by atoms with Gasteiger partial charge in [0.2, 0.25) is 10.0 Å². The Morgan fingerprint density at radius 3 is 2.33 bits per heavy atom. The van der Waals surface area contributed by atoms with Gasteiger partial charge in [0.25, 0.3) is 5.91 Å². The van der Waals surface area contributed by atoms with Crippen LogP contribution < -0.4 is 15.4 Å². The topological polar surface area (TPSA) is 87.3 Å². The lowest BCUT2D eigenvalue weighted by atomic mass is 9.99. The lowest BCUT2D eigenvalue weighted by Gasteiger charge is -2.13. The summed E-state index contributed by atoms with van der Waals surface area (Å²) in [6.07, 6.45) is 1.09. The zero-order chi connectivity index (χ0) is 24.0. The standard InChI is InChI=1S/C26H31N3O3S/c1-18(2)28-26(30)23-13-21(14-24(15-23)29-33(4,31)32)17-27-16-20-9-7-10-22(12-20)25-11-6-5-8-19(25)3/h5-15,18,27,29H,16-17H2,1-4H3,(H,28,30). The number of hydrogen-bond donors (Lipinski definition) is 3. The maximum absolute atomic E-state index is 12.5. The minimum Gasteiger partial charge on any atom is -0.350 e. The summed E-state index contributed by atoms with van der Waals surface area (Å²) in [6, 6.07) is 21.7. The Morgan fingerprint density at radius 2 is 1.64 bits per heavy atom. The Morgan fingerprint density at radius 1 is 0.909 bits per heavy atom. The van der Waals surface area contributed by atoms with Crippen LogP contribution in [0.1, 0.15) is 40.9 Å². The third-order valence-corrected chi connectivity index (χ3v) is 5.63. The second-order valence-corrected chi connectivity index (χ2v) is 10.3. The first-order chi connectivity index (χ1) is 15.6. The van der Waals surface area contributed by atoms with Crippen LogP contribution in [-0.4, -0.2) is 26.6 Å². The van der Waals surface area contributed by atoms with Gasteiger partial charge in [0.1, 0.15) is 0 Å². The molecule has 33 heavy (non-hydrogen) atoms. The molecule has 3 aromatic carbocycles. The summed E-state index contributed by atoms with van der Waals surface area (Å²) >= 11 is 0. The second-order valence-electron chi connectivity index (χ2n) is 8.54. The highest BCUT2D eigenvalue weighted by atomic mass is 32.2. The minimum absolute atomic E-state index is 0.0221. The molecule has 174 valence electrons. The molecule has 0 saturated heterocycles. The highest BCUT2D eigenvalue weighted by Crippen LogP contribution is 2.24. The normalized spacial score (nSPS) is 11.4. The molecule has 0 bridgehead atoms. The summed E-state index contributed by atoms with van der Waals surface area (Å²) in [4.78, 5) is 12.5. The molecule has 0 heterocycles. The van der Waals surface area contributed by atoms with Crippen molar-refractivity contribution >= 4 is 21.6 Å². The van der Waals surface area contributed by atoms with Crippen LogP contribution >= 0.6 is 0 Å². The molecule has 0 aliphatic heterocycles. The van der Waals surface area contributed by atoms with E-state index in [2.05, 4.69) is 52.6 Å². The van der Waals surface area contributed by atoms with Gasteiger partial charge < -0.3 is 10.6 Å². The summed E-state index contributed by atoms with van der Waals surface area (Å²) in [5.74, 6) is -0.241. The summed E-state index contributed by atoms with van der Waals surface area (Å²) in [5.41, 5.74) is 6.33. The lowest BCUT2D eigenvalue weighted by molar-refractivity contribution is 0.0943. The van der Waals surface area contributed by atoms with Crippen molar-refractivity contribution in [1.82, 2.24) is 10.6 Å². The number of anilines is 1. The first kappa shape index (κ1) is 24.5. The molecule has 6 nitrogen and oxygen atoms in total. The molecule has 7 heteroatoms. The van der Waals surface area contributed by atoms with Gasteiger partial charge in [-0.3, -0.25) is 9.52 Å². The zero-order valence-corrected chi connectivity index (χ0v) is 20.3. The van der Waals surface area contributed by atoms with E-state index in [1.807, 2.05) is 32.0 Å². The van der Waals surface area contributed by atoms with Crippen LogP contribution in [0.25, 0.3) is 11.1 Å². The molecular formula is C26H31N3O3S. The van der Waals surface area contributed by atoms with Crippen molar-refractivity contribution in [3.63, 3.8) is 0 Å². The number of carbonyl (C=O) groups is 1. The highest BCUT2D eigenvalue weighted by molar-refractivity contribution is 7.92. The molecule has 0 fully saturated rings. The summed E-state index contributed by atoms with van der Waals surface area (Å²) in [7, 11) is -3.46. The average Bonchev–Trinajstić information content (AvgIpc) is 2.72. The van der Waals surface area contributed by atoms with E-state index < -0.39 is 10.0 Å².